The SMILES string of the molecule is CNC(C)(CCCCN1CCCC1(C)C)C(N)=O. The summed E-state index contributed by atoms with van der Waals surface area (Å²) in [6.07, 6.45) is 5.58. The van der Waals surface area contributed by atoms with Gasteiger partial charge in [0.1, 0.15) is 0 Å². The molecule has 1 aliphatic rings. The molecule has 0 saturated carbocycles. The van der Waals surface area contributed by atoms with Crippen LogP contribution in [0.2, 0.25) is 0 Å². The first-order valence-electron chi connectivity index (χ1n) is 7.06. The number of nitrogens with two attached hydrogens (primary N) is 1. The molecule has 1 saturated heterocycles. The summed E-state index contributed by atoms with van der Waals surface area (Å²) in [5, 5.41) is 3.03. The van der Waals surface area contributed by atoms with Gasteiger partial charge < -0.3 is 11.1 Å². The number of rotatable bonds is 7. The molecule has 1 rings (SSSR count). The topological polar surface area (TPSA) is 58.4 Å². The van der Waals surface area contributed by atoms with E-state index in [9.17, 15) is 4.79 Å². The number of amides is 1. The number of nitrogens with one attached hydrogen (secondary N) is 1. The van der Waals surface area contributed by atoms with Crippen LogP contribution in [0, 0.1) is 0 Å². The highest BCUT2D eigenvalue weighted by atomic mass is 16.1. The summed E-state index contributed by atoms with van der Waals surface area (Å²) in [7, 11) is 1.80. The Morgan fingerprint density at radius 1 is 1.44 bits per heavy atom. The summed E-state index contributed by atoms with van der Waals surface area (Å²) in [6.45, 7) is 8.87. The van der Waals surface area contributed by atoms with Crippen molar-refractivity contribution < 1.29 is 4.79 Å². The van der Waals surface area contributed by atoms with Crippen molar-refractivity contribution in [2.24, 2.45) is 5.73 Å². The second-order valence-corrected chi connectivity index (χ2v) is 6.31. The molecule has 1 unspecified atom stereocenters. The minimum absolute atomic E-state index is 0.258. The molecule has 1 fully saturated rings. The van der Waals surface area contributed by atoms with Gasteiger partial charge in [-0.2, -0.15) is 0 Å². The zero-order valence-corrected chi connectivity index (χ0v) is 12.4. The maximum atomic E-state index is 11.4. The summed E-state index contributed by atoms with van der Waals surface area (Å²) in [5.41, 5.74) is 5.22. The Balaban J connectivity index is 2.28. The summed E-state index contributed by atoms with van der Waals surface area (Å²) in [4.78, 5) is 13.9. The number of nitrogens with zero attached hydrogens (tertiary/aromatic N) is 1. The third-order valence-electron chi connectivity index (χ3n) is 4.52. The monoisotopic (exact) mass is 255 g/mol. The van der Waals surface area contributed by atoms with Crippen LogP contribution in [-0.2, 0) is 4.79 Å². The lowest BCUT2D eigenvalue weighted by atomic mass is 9.94. The molecule has 1 atom stereocenters. The second-order valence-electron chi connectivity index (χ2n) is 6.31. The molecule has 0 aliphatic carbocycles. The number of unbranched alkanes of at least 4 members (excludes halogenated alkanes) is 1. The lowest BCUT2D eigenvalue weighted by Crippen LogP contribution is -2.51. The van der Waals surface area contributed by atoms with E-state index in [1.54, 1.807) is 7.05 Å². The van der Waals surface area contributed by atoms with E-state index in [-0.39, 0.29) is 5.91 Å². The van der Waals surface area contributed by atoms with Crippen LogP contribution in [-0.4, -0.2) is 42.0 Å². The van der Waals surface area contributed by atoms with Crippen LogP contribution in [0.4, 0.5) is 0 Å². The van der Waals surface area contributed by atoms with Crippen molar-refractivity contribution in [2.45, 2.75) is 64.0 Å². The fourth-order valence-electron chi connectivity index (χ4n) is 2.73. The lowest BCUT2D eigenvalue weighted by Gasteiger charge is -2.32. The molecule has 4 heteroatoms. The Hall–Kier alpha value is -0.610. The lowest BCUT2D eigenvalue weighted by molar-refractivity contribution is -0.123. The standard InChI is InChI=1S/C14H29N3O/c1-13(2)8-7-11-17(13)10-6-5-9-14(3,16-4)12(15)18/h16H,5-11H2,1-4H3,(H2,15,18). The quantitative estimate of drug-likeness (QED) is 0.678. The average molecular weight is 255 g/mol. The Morgan fingerprint density at radius 3 is 2.56 bits per heavy atom. The van der Waals surface area contributed by atoms with E-state index >= 15 is 0 Å². The van der Waals surface area contributed by atoms with E-state index in [0.29, 0.717) is 5.54 Å². The molecule has 1 aliphatic heterocycles. The average Bonchev–Trinajstić information content (AvgIpc) is 2.63. The minimum atomic E-state index is -0.555. The van der Waals surface area contributed by atoms with Crippen LogP contribution < -0.4 is 11.1 Å². The van der Waals surface area contributed by atoms with Gasteiger partial charge in [0.2, 0.25) is 5.91 Å². The predicted molar refractivity (Wildman–Crippen MR) is 75.4 cm³/mol. The molecule has 0 bridgehead atoms. The van der Waals surface area contributed by atoms with Crippen LogP contribution in [0.15, 0.2) is 0 Å². The molecular formula is C14H29N3O. The van der Waals surface area contributed by atoms with Crippen molar-refractivity contribution in [3.8, 4) is 0 Å². The van der Waals surface area contributed by atoms with Crippen molar-refractivity contribution in [3.63, 3.8) is 0 Å². The zero-order chi connectivity index (χ0) is 13.8. The number of likely N-dealkylation sites (N-methyl/N-ethyl adjacent to an activating group) is 1. The fourth-order valence-corrected chi connectivity index (χ4v) is 2.73. The van der Waals surface area contributed by atoms with E-state index < -0.39 is 5.54 Å². The molecule has 4 nitrogen and oxygen atoms in total. The predicted octanol–water partition coefficient (Wildman–Crippen LogP) is 1.49. The van der Waals surface area contributed by atoms with Crippen molar-refractivity contribution in [3.05, 3.63) is 0 Å². The van der Waals surface area contributed by atoms with Gasteiger partial charge in [0, 0.05) is 5.54 Å². The molecule has 0 aromatic carbocycles. The Labute approximate surface area is 111 Å². The van der Waals surface area contributed by atoms with Gasteiger partial charge in [0.25, 0.3) is 0 Å². The summed E-state index contributed by atoms with van der Waals surface area (Å²) in [6, 6.07) is 0. The van der Waals surface area contributed by atoms with E-state index in [4.69, 9.17) is 5.73 Å². The van der Waals surface area contributed by atoms with Gasteiger partial charge in [-0.25, -0.2) is 0 Å². The maximum absolute atomic E-state index is 11.4. The van der Waals surface area contributed by atoms with Gasteiger partial charge in [0.15, 0.2) is 0 Å². The van der Waals surface area contributed by atoms with E-state index in [2.05, 4.69) is 24.1 Å². The van der Waals surface area contributed by atoms with Crippen molar-refractivity contribution in [2.75, 3.05) is 20.1 Å². The maximum Gasteiger partial charge on any atom is 0.237 e. The number of carbonyl (C=O) groups is 1. The largest absolute Gasteiger partial charge is 0.368 e. The molecule has 0 radical (unpaired) electrons. The third-order valence-corrected chi connectivity index (χ3v) is 4.52. The van der Waals surface area contributed by atoms with Crippen molar-refractivity contribution in [1.82, 2.24) is 10.2 Å². The molecule has 1 heterocycles. The van der Waals surface area contributed by atoms with Gasteiger partial charge in [-0.05, 0) is 73.0 Å². The molecule has 1 amide bonds. The Kier molecular flexibility index (Phi) is 5.17. The number of hydrogen-bond donors (Lipinski definition) is 2. The van der Waals surface area contributed by atoms with Gasteiger partial charge in [0.05, 0.1) is 5.54 Å². The second kappa shape index (κ2) is 6.02. The van der Waals surface area contributed by atoms with Crippen LogP contribution in [0.25, 0.3) is 0 Å². The van der Waals surface area contributed by atoms with E-state index in [1.807, 2.05) is 6.92 Å². The molecule has 0 spiro atoms. The van der Waals surface area contributed by atoms with E-state index in [1.165, 1.54) is 19.4 Å². The number of likely N-dealkylation sites (tertiary alicyclic amines) is 1. The molecule has 0 aromatic heterocycles. The first-order valence-corrected chi connectivity index (χ1v) is 7.06. The van der Waals surface area contributed by atoms with Gasteiger partial charge in [-0.1, -0.05) is 0 Å². The first-order chi connectivity index (χ1) is 8.32. The molecular weight excluding hydrogens is 226 g/mol. The number of hydrogen-bond acceptors (Lipinski definition) is 3. The van der Waals surface area contributed by atoms with Crippen LogP contribution >= 0.6 is 0 Å². The van der Waals surface area contributed by atoms with Gasteiger partial charge >= 0.3 is 0 Å². The number of primary amides is 1. The summed E-state index contributed by atoms with van der Waals surface area (Å²) >= 11 is 0. The zero-order valence-electron chi connectivity index (χ0n) is 12.4. The molecule has 18 heavy (non-hydrogen) atoms. The van der Waals surface area contributed by atoms with Gasteiger partial charge in [-0.3, -0.25) is 9.69 Å². The Morgan fingerprint density at radius 2 is 2.11 bits per heavy atom. The van der Waals surface area contributed by atoms with Crippen LogP contribution in [0.1, 0.15) is 52.9 Å². The first kappa shape index (κ1) is 15.4. The third kappa shape index (κ3) is 3.69. The molecule has 0 aromatic rings. The molecule has 106 valence electrons. The highest BCUT2D eigenvalue weighted by molar-refractivity contribution is 5.84. The fraction of sp³-hybridized carbons (Fsp3) is 0.929. The normalized spacial score (nSPS) is 22.9. The summed E-state index contributed by atoms with van der Waals surface area (Å²) < 4.78 is 0. The molecule has 3 N–H and O–H groups in total. The van der Waals surface area contributed by atoms with Crippen LogP contribution in [0.3, 0.4) is 0 Å². The highest BCUT2D eigenvalue weighted by Crippen LogP contribution is 2.28. The van der Waals surface area contributed by atoms with E-state index in [0.717, 1.165) is 25.8 Å². The Bertz CT molecular complexity index is 291. The summed E-state index contributed by atoms with van der Waals surface area (Å²) in [5.74, 6) is -0.258. The van der Waals surface area contributed by atoms with Gasteiger partial charge in [-0.15, -0.1) is 0 Å². The van der Waals surface area contributed by atoms with Crippen molar-refractivity contribution in [1.29, 1.82) is 0 Å². The smallest absolute Gasteiger partial charge is 0.237 e. The highest BCUT2D eigenvalue weighted by Gasteiger charge is 2.32. The minimum Gasteiger partial charge on any atom is -0.368 e. The van der Waals surface area contributed by atoms with Crippen LogP contribution in [0.5, 0.6) is 0 Å². The number of carbonyl (C=O) groups excluding carboxylic acids is 1. The van der Waals surface area contributed by atoms with Crippen molar-refractivity contribution >= 4 is 5.91 Å².